The number of ether oxygens (including phenoxy) is 2. The standard InChI is InChI=1S/C28H37N3O7/c1-17-8-6-11-21(24(17)33)23(25(34)29-18-12-14-20(37-5)15-13-18)31(19-9-7-10-19)26(35)22(16-32)30-27(36)38-28(2,3)4/h6,8,11-15,19,22-23,32-33H,7,9-10,16H2,1-5H3,(H,29,34)(H,30,36). The molecule has 1 saturated carbocycles. The van der Waals surface area contributed by atoms with Crippen LogP contribution in [0.4, 0.5) is 10.5 Å². The van der Waals surface area contributed by atoms with E-state index in [0.717, 1.165) is 6.42 Å². The number of carbonyl (C=O) groups is 3. The fourth-order valence-corrected chi connectivity index (χ4v) is 4.20. The maximum absolute atomic E-state index is 13.9. The molecule has 2 unspecified atom stereocenters. The van der Waals surface area contributed by atoms with Crippen LogP contribution in [0.15, 0.2) is 42.5 Å². The number of phenolic OH excluding ortho intramolecular Hbond substituents is 1. The number of benzene rings is 2. The summed E-state index contributed by atoms with van der Waals surface area (Å²) in [6.45, 7) is 6.05. The maximum Gasteiger partial charge on any atom is 0.408 e. The van der Waals surface area contributed by atoms with E-state index in [1.807, 2.05) is 0 Å². The molecule has 0 aliphatic heterocycles. The summed E-state index contributed by atoms with van der Waals surface area (Å²) in [5.74, 6) is -0.703. The van der Waals surface area contributed by atoms with E-state index in [1.165, 1.54) is 12.0 Å². The Hall–Kier alpha value is -3.79. The Kier molecular flexibility index (Phi) is 9.22. The van der Waals surface area contributed by atoms with Crippen LogP contribution in [-0.2, 0) is 14.3 Å². The quantitative estimate of drug-likeness (QED) is 0.391. The molecule has 10 nitrogen and oxygen atoms in total. The van der Waals surface area contributed by atoms with Gasteiger partial charge in [0.2, 0.25) is 5.91 Å². The minimum Gasteiger partial charge on any atom is -0.507 e. The first-order chi connectivity index (χ1) is 17.9. The lowest BCUT2D eigenvalue weighted by atomic mass is 9.87. The zero-order chi connectivity index (χ0) is 28.0. The molecule has 10 heteroatoms. The summed E-state index contributed by atoms with van der Waals surface area (Å²) in [4.78, 5) is 41.5. The van der Waals surface area contributed by atoms with Gasteiger partial charge in [0, 0.05) is 17.3 Å². The molecule has 4 N–H and O–H groups in total. The lowest BCUT2D eigenvalue weighted by molar-refractivity contribution is -0.146. The van der Waals surface area contributed by atoms with Gasteiger partial charge in [0.05, 0.1) is 13.7 Å². The number of alkyl carbamates (subject to hydrolysis) is 1. The second-order valence-electron chi connectivity index (χ2n) is 10.3. The summed E-state index contributed by atoms with van der Waals surface area (Å²) in [5.41, 5.74) is 0.440. The molecule has 3 rings (SSSR count). The number of para-hydroxylation sites is 1. The number of aliphatic hydroxyl groups is 1. The lowest BCUT2D eigenvalue weighted by Crippen LogP contribution is -2.58. The summed E-state index contributed by atoms with van der Waals surface area (Å²) in [6, 6.07) is 8.79. The van der Waals surface area contributed by atoms with E-state index >= 15 is 0 Å². The Labute approximate surface area is 222 Å². The molecular formula is C28H37N3O7. The highest BCUT2D eigenvalue weighted by molar-refractivity contribution is 5.99. The highest BCUT2D eigenvalue weighted by Gasteiger charge is 2.43. The Morgan fingerprint density at radius 1 is 1.11 bits per heavy atom. The zero-order valence-corrected chi connectivity index (χ0v) is 22.5. The SMILES string of the molecule is COc1ccc(NC(=O)C(c2cccc(C)c2O)N(C(=O)C(CO)NC(=O)OC(C)(C)C)C2CCC2)cc1. The van der Waals surface area contributed by atoms with Crippen molar-refractivity contribution in [1.29, 1.82) is 0 Å². The fourth-order valence-electron chi connectivity index (χ4n) is 4.20. The number of methoxy groups -OCH3 is 1. The smallest absolute Gasteiger partial charge is 0.408 e. The molecule has 0 radical (unpaired) electrons. The van der Waals surface area contributed by atoms with Crippen LogP contribution in [0, 0.1) is 6.92 Å². The van der Waals surface area contributed by atoms with Gasteiger partial charge >= 0.3 is 6.09 Å². The molecule has 0 saturated heterocycles. The van der Waals surface area contributed by atoms with Crippen molar-refractivity contribution in [2.75, 3.05) is 19.0 Å². The monoisotopic (exact) mass is 527 g/mol. The number of carbonyl (C=O) groups excluding carboxylic acids is 3. The third kappa shape index (κ3) is 6.95. The van der Waals surface area contributed by atoms with Crippen LogP contribution < -0.4 is 15.4 Å². The fraction of sp³-hybridized carbons (Fsp3) is 0.464. The zero-order valence-electron chi connectivity index (χ0n) is 22.5. The summed E-state index contributed by atoms with van der Waals surface area (Å²) in [6.07, 6.45) is 1.26. The van der Waals surface area contributed by atoms with Crippen LogP contribution in [0.2, 0.25) is 0 Å². The van der Waals surface area contributed by atoms with Gasteiger partial charge < -0.3 is 35.2 Å². The molecule has 0 spiro atoms. The number of phenols is 1. The highest BCUT2D eigenvalue weighted by atomic mass is 16.6. The van der Waals surface area contributed by atoms with Crippen LogP contribution in [0.5, 0.6) is 11.5 Å². The Morgan fingerprint density at radius 3 is 2.29 bits per heavy atom. The van der Waals surface area contributed by atoms with E-state index in [1.54, 1.807) is 70.2 Å². The van der Waals surface area contributed by atoms with Gasteiger partial charge in [0.15, 0.2) is 0 Å². The third-order valence-corrected chi connectivity index (χ3v) is 6.34. The van der Waals surface area contributed by atoms with Crippen molar-refractivity contribution in [3.8, 4) is 11.5 Å². The number of nitrogens with one attached hydrogen (secondary N) is 2. The number of aromatic hydroxyl groups is 1. The molecule has 0 bridgehead atoms. The first kappa shape index (κ1) is 28.8. The van der Waals surface area contributed by atoms with Crippen molar-refractivity contribution >= 4 is 23.6 Å². The Morgan fingerprint density at radius 2 is 1.76 bits per heavy atom. The van der Waals surface area contributed by atoms with Gasteiger partial charge in [-0.3, -0.25) is 9.59 Å². The van der Waals surface area contributed by atoms with Crippen LogP contribution in [0.3, 0.4) is 0 Å². The van der Waals surface area contributed by atoms with Crippen molar-refractivity contribution in [3.05, 3.63) is 53.6 Å². The normalized spacial score (nSPS) is 15.0. The number of nitrogens with zero attached hydrogens (tertiary/aromatic N) is 1. The molecule has 206 valence electrons. The number of anilines is 1. The van der Waals surface area contributed by atoms with E-state index in [-0.39, 0.29) is 17.4 Å². The first-order valence-electron chi connectivity index (χ1n) is 12.6. The van der Waals surface area contributed by atoms with Crippen LogP contribution in [0.1, 0.15) is 57.2 Å². The van der Waals surface area contributed by atoms with Gasteiger partial charge in [0.25, 0.3) is 5.91 Å². The molecule has 1 aliphatic rings. The van der Waals surface area contributed by atoms with E-state index < -0.39 is 42.2 Å². The summed E-state index contributed by atoms with van der Waals surface area (Å²) in [7, 11) is 1.54. The van der Waals surface area contributed by atoms with Crippen molar-refractivity contribution < 1.29 is 34.1 Å². The molecule has 0 aromatic heterocycles. The molecule has 2 atom stereocenters. The van der Waals surface area contributed by atoms with Crippen LogP contribution in [0.25, 0.3) is 0 Å². The number of hydrogen-bond donors (Lipinski definition) is 4. The third-order valence-electron chi connectivity index (χ3n) is 6.34. The summed E-state index contributed by atoms with van der Waals surface area (Å²) >= 11 is 0. The van der Waals surface area contributed by atoms with E-state index in [0.29, 0.717) is 29.8 Å². The minimum absolute atomic E-state index is 0.111. The lowest BCUT2D eigenvalue weighted by Gasteiger charge is -2.43. The van der Waals surface area contributed by atoms with Gasteiger partial charge in [-0.15, -0.1) is 0 Å². The Balaban J connectivity index is 2.01. The molecular weight excluding hydrogens is 490 g/mol. The van der Waals surface area contributed by atoms with E-state index in [9.17, 15) is 24.6 Å². The minimum atomic E-state index is -1.35. The molecule has 1 fully saturated rings. The topological polar surface area (TPSA) is 137 Å². The first-order valence-corrected chi connectivity index (χ1v) is 12.6. The maximum atomic E-state index is 13.9. The predicted octanol–water partition coefficient (Wildman–Crippen LogP) is 3.66. The van der Waals surface area contributed by atoms with Crippen LogP contribution in [-0.4, -0.2) is 64.4 Å². The molecule has 0 heterocycles. The number of aryl methyl sites for hydroxylation is 1. The molecule has 2 aromatic carbocycles. The molecule has 1 aliphatic carbocycles. The van der Waals surface area contributed by atoms with Crippen molar-refractivity contribution in [3.63, 3.8) is 0 Å². The number of hydrogen-bond acceptors (Lipinski definition) is 7. The summed E-state index contributed by atoms with van der Waals surface area (Å²) < 4.78 is 10.4. The van der Waals surface area contributed by atoms with Gasteiger partial charge in [-0.1, -0.05) is 18.2 Å². The van der Waals surface area contributed by atoms with Crippen molar-refractivity contribution in [2.45, 2.75) is 70.7 Å². The summed E-state index contributed by atoms with van der Waals surface area (Å²) in [5, 5.41) is 26.3. The van der Waals surface area contributed by atoms with Gasteiger partial charge in [-0.2, -0.15) is 0 Å². The second-order valence-corrected chi connectivity index (χ2v) is 10.3. The van der Waals surface area contributed by atoms with Gasteiger partial charge in [-0.25, -0.2) is 4.79 Å². The largest absolute Gasteiger partial charge is 0.507 e. The van der Waals surface area contributed by atoms with Crippen molar-refractivity contribution in [1.82, 2.24) is 10.2 Å². The average molecular weight is 528 g/mol. The van der Waals surface area contributed by atoms with Crippen LogP contribution >= 0.6 is 0 Å². The van der Waals surface area contributed by atoms with Gasteiger partial charge in [-0.05, 0) is 76.8 Å². The van der Waals surface area contributed by atoms with E-state index in [2.05, 4.69) is 10.6 Å². The number of aliphatic hydroxyl groups excluding tert-OH is 1. The van der Waals surface area contributed by atoms with Crippen molar-refractivity contribution in [2.24, 2.45) is 0 Å². The second kappa shape index (κ2) is 12.2. The highest BCUT2D eigenvalue weighted by Crippen LogP contribution is 2.38. The Bertz CT molecular complexity index is 1140. The average Bonchev–Trinajstić information content (AvgIpc) is 2.82. The molecule has 38 heavy (non-hydrogen) atoms. The number of amides is 3. The van der Waals surface area contributed by atoms with E-state index in [4.69, 9.17) is 9.47 Å². The number of rotatable bonds is 9. The molecule has 2 aromatic rings. The predicted molar refractivity (Wildman–Crippen MR) is 142 cm³/mol. The molecule has 3 amide bonds. The van der Waals surface area contributed by atoms with Gasteiger partial charge in [0.1, 0.15) is 29.2 Å².